The van der Waals surface area contributed by atoms with Gasteiger partial charge in [-0.1, -0.05) is 31.0 Å². The van der Waals surface area contributed by atoms with Crippen LogP contribution in [0.3, 0.4) is 0 Å². The van der Waals surface area contributed by atoms with Crippen molar-refractivity contribution in [3.05, 3.63) is 29.8 Å². The van der Waals surface area contributed by atoms with Gasteiger partial charge in [0.2, 0.25) is 0 Å². The van der Waals surface area contributed by atoms with Crippen LogP contribution >= 0.6 is 0 Å². The molecule has 0 unspecified atom stereocenters. The number of rotatable bonds is 0. The van der Waals surface area contributed by atoms with Gasteiger partial charge in [-0.2, -0.15) is 0 Å². The molecule has 1 saturated carbocycles. The van der Waals surface area contributed by atoms with Gasteiger partial charge in [-0.05, 0) is 31.7 Å². The van der Waals surface area contributed by atoms with Gasteiger partial charge in [0.1, 0.15) is 11.4 Å². The standard InChI is InChI=1S/C15H21NO/c16-13-11-15(9-5-1-2-6-10-15)17-14-8-4-3-7-12(13)14/h3-4,7-8,13H,1-2,5-6,9-11,16H2/t13-/m0/s1. The highest BCUT2D eigenvalue weighted by Crippen LogP contribution is 2.44. The first kappa shape index (κ1) is 11.1. The topological polar surface area (TPSA) is 35.2 Å². The molecule has 1 heterocycles. The Morgan fingerprint density at radius 3 is 2.53 bits per heavy atom. The molecule has 2 aliphatic rings. The summed E-state index contributed by atoms with van der Waals surface area (Å²) in [6.07, 6.45) is 8.61. The van der Waals surface area contributed by atoms with E-state index in [-0.39, 0.29) is 11.6 Å². The van der Waals surface area contributed by atoms with Gasteiger partial charge in [-0.3, -0.25) is 0 Å². The molecular weight excluding hydrogens is 210 g/mol. The fourth-order valence-corrected chi connectivity index (χ4v) is 3.34. The van der Waals surface area contributed by atoms with Crippen LogP contribution in [0.2, 0.25) is 0 Å². The van der Waals surface area contributed by atoms with E-state index in [1.807, 2.05) is 12.1 Å². The molecule has 0 amide bonds. The summed E-state index contributed by atoms with van der Waals surface area (Å²) in [5.74, 6) is 1.02. The zero-order valence-corrected chi connectivity index (χ0v) is 10.3. The Morgan fingerprint density at radius 1 is 1.06 bits per heavy atom. The molecule has 1 aliphatic heterocycles. The molecule has 1 aromatic rings. The quantitative estimate of drug-likeness (QED) is 0.741. The number of hydrogen-bond donors (Lipinski definition) is 1. The maximum Gasteiger partial charge on any atom is 0.124 e. The first-order valence-electron chi connectivity index (χ1n) is 6.83. The molecule has 0 bridgehead atoms. The summed E-state index contributed by atoms with van der Waals surface area (Å²) in [5.41, 5.74) is 7.54. The third kappa shape index (κ3) is 2.06. The number of ether oxygens (including phenoxy) is 1. The number of benzene rings is 1. The SMILES string of the molecule is N[C@H]1CC2(CCCCCC2)Oc2ccccc21. The fraction of sp³-hybridized carbons (Fsp3) is 0.600. The molecule has 3 rings (SSSR count). The second-order valence-corrected chi connectivity index (χ2v) is 5.55. The highest BCUT2D eigenvalue weighted by atomic mass is 16.5. The van der Waals surface area contributed by atoms with Crippen molar-refractivity contribution < 1.29 is 4.74 Å². The van der Waals surface area contributed by atoms with Crippen molar-refractivity contribution in [1.29, 1.82) is 0 Å². The lowest BCUT2D eigenvalue weighted by Crippen LogP contribution is -2.42. The minimum atomic E-state index is 0.0320. The summed E-state index contributed by atoms with van der Waals surface area (Å²) in [6.45, 7) is 0. The third-order valence-corrected chi connectivity index (χ3v) is 4.25. The molecule has 2 nitrogen and oxygen atoms in total. The summed E-state index contributed by atoms with van der Waals surface area (Å²) in [5, 5.41) is 0. The van der Waals surface area contributed by atoms with E-state index in [9.17, 15) is 0 Å². The third-order valence-electron chi connectivity index (χ3n) is 4.25. The molecule has 1 aliphatic carbocycles. The van der Waals surface area contributed by atoms with E-state index in [0.717, 1.165) is 12.2 Å². The lowest BCUT2D eigenvalue weighted by atomic mass is 9.82. The van der Waals surface area contributed by atoms with Crippen LogP contribution in [0.15, 0.2) is 24.3 Å². The molecular formula is C15H21NO. The van der Waals surface area contributed by atoms with Gasteiger partial charge in [0.25, 0.3) is 0 Å². The molecule has 1 atom stereocenters. The Kier molecular flexibility index (Phi) is 2.83. The predicted molar refractivity (Wildman–Crippen MR) is 69.0 cm³/mol. The predicted octanol–water partition coefficient (Wildman–Crippen LogP) is 3.56. The van der Waals surface area contributed by atoms with Gasteiger partial charge < -0.3 is 10.5 Å². The lowest BCUT2D eigenvalue weighted by Gasteiger charge is -2.41. The van der Waals surface area contributed by atoms with Crippen molar-refractivity contribution in [3.8, 4) is 5.75 Å². The Labute approximate surface area is 103 Å². The van der Waals surface area contributed by atoms with Crippen LogP contribution in [-0.4, -0.2) is 5.60 Å². The summed E-state index contributed by atoms with van der Waals surface area (Å²) < 4.78 is 6.33. The highest BCUT2D eigenvalue weighted by Gasteiger charge is 2.39. The Balaban J connectivity index is 1.91. The molecule has 2 heteroatoms. The van der Waals surface area contributed by atoms with Gasteiger partial charge in [-0.25, -0.2) is 0 Å². The van der Waals surface area contributed by atoms with E-state index in [1.165, 1.54) is 44.1 Å². The summed E-state index contributed by atoms with van der Waals surface area (Å²) >= 11 is 0. The van der Waals surface area contributed by atoms with E-state index in [0.29, 0.717) is 0 Å². The van der Waals surface area contributed by atoms with Gasteiger partial charge in [-0.15, -0.1) is 0 Å². The van der Waals surface area contributed by atoms with E-state index in [4.69, 9.17) is 10.5 Å². The fourth-order valence-electron chi connectivity index (χ4n) is 3.34. The molecule has 0 radical (unpaired) electrons. The van der Waals surface area contributed by atoms with Crippen LogP contribution < -0.4 is 10.5 Å². The van der Waals surface area contributed by atoms with Crippen molar-refractivity contribution >= 4 is 0 Å². The van der Waals surface area contributed by atoms with E-state index >= 15 is 0 Å². The smallest absolute Gasteiger partial charge is 0.124 e. The maximum absolute atomic E-state index is 6.33. The molecule has 1 spiro atoms. The van der Waals surface area contributed by atoms with Crippen LogP contribution in [0.4, 0.5) is 0 Å². The van der Waals surface area contributed by atoms with Crippen LogP contribution in [0.5, 0.6) is 5.75 Å². The number of hydrogen-bond acceptors (Lipinski definition) is 2. The van der Waals surface area contributed by atoms with Gasteiger partial charge in [0.15, 0.2) is 0 Å². The first-order chi connectivity index (χ1) is 8.29. The minimum Gasteiger partial charge on any atom is -0.487 e. The van der Waals surface area contributed by atoms with Crippen molar-refractivity contribution in [1.82, 2.24) is 0 Å². The maximum atomic E-state index is 6.33. The number of fused-ring (bicyclic) bond motifs is 1. The van der Waals surface area contributed by atoms with E-state index < -0.39 is 0 Å². The second kappa shape index (κ2) is 4.34. The molecule has 92 valence electrons. The second-order valence-electron chi connectivity index (χ2n) is 5.55. The molecule has 0 aromatic heterocycles. The largest absolute Gasteiger partial charge is 0.487 e. The zero-order valence-electron chi connectivity index (χ0n) is 10.3. The van der Waals surface area contributed by atoms with Gasteiger partial charge >= 0.3 is 0 Å². The zero-order chi connectivity index (χ0) is 11.7. The van der Waals surface area contributed by atoms with Gasteiger partial charge in [0.05, 0.1) is 0 Å². The summed E-state index contributed by atoms with van der Waals surface area (Å²) in [7, 11) is 0. The molecule has 17 heavy (non-hydrogen) atoms. The van der Waals surface area contributed by atoms with Gasteiger partial charge in [0, 0.05) is 18.0 Å². The van der Waals surface area contributed by atoms with Crippen molar-refractivity contribution in [2.45, 2.75) is 56.6 Å². The summed E-state index contributed by atoms with van der Waals surface area (Å²) in [4.78, 5) is 0. The van der Waals surface area contributed by atoms with Crippen LogP contribution in [0.25, 0.3) is 0 Å². The van der Waals surface area contributed by atoms with Crippen LogP contribution in [0.1, 0.15) is 56.6 Å². The lowest BCUT2D eigenvalue weighted by molar-refractivity contribution is 0.0213. The van der Waals surface area contributed by atoms with Crippen molar-refractivity contribution in [2.75, 3.05) is 0 Å². The van der Waals surface area contributed by atoms with E-state index in [2.05, 4.69) is 12.1 Å². The summed E-state index contributed by atoms with van der Waals surface area (Å²) in [6, 6.07) is 8.41. The highest BCUT2D eigenvalue weighted by molar-refractivity contribution is 5.38. The van der Waals surface area contributed by atoms with E-state index in [1.54, 1.807) is 0 Å². The normalized spacial score (nSPS) is 27.0. The Morgan fingerprint density at radius 2 is 1.76 bits per heavy atom. The van der Waals surface area contributed by atoms with Crippen LogP contribution in [-0.2, 0) is 0 Å². The Bertz CT molecular complexity index is 394. The number of nitrogens with two attached hydrogens (primary N) is 1. The molecule has 1 fully saturated rings. The first-order valence-corrected chi connectivity index (χ1v) is 6.83. The average Bonchev–Trinajstić information content (AvgIpc) is 2.55. The average molecular weight is 231 g/mol. The van der Waals surface area contributed by atoms with Crippen molar-refractivity contribution in [2.24, 2.45) is 5.73 Å². The molecule has 0 saturated heterocycles. The number of para-hydroxylation sites is 1. The molecule has 1 aromatic carbocycles. The minimum absolute atomic E-state index is 0.0320. The Hall–Kier alpha value is -1.02. The van der Waals surface area contributed by atoms with Crippen LogP contribution in [0, 0.1) is 0 Å². The van der Waals surface area contributed by atoms with Crippen molar-refractivity contribution in [3.63, 3.8) is 0 Å². The molecule has 2 N–H and O–H groups in total. The monoisotopic (exact) mass is 231 g/mol.